The minimum absolute atomic E-state index is 0.0332. The lowest BCUT2D eigenvalue weighted by Crippen LogP contribution is -2.31. The summed E-state index contributed by atoms with van der Waals surface area (Å²) in [6, 6.07) is 3.19. The number of nitrogens with zero attached hydrogens (tertiary/aromatic N) is 2. The molecule has 1 aliphatic carbocycles. The van der Waals surface area contributed by atoms with Gasteiger partial charge in [-0.25, -0.2) is 0 Å². The molecule has 4 nitrogen and oxygen atoms in total. The SMILES string of the molecule is CN(CCCn1cc(N)ccc1=O)CC1CCC1. The summed E-state index contributed by atoms with van der Waals surface area (Å²) >= 11 is 0. The number of nitrogens with two attached hydrogens (primary N) is 1. The van der Waals surface area contributed by atoms with E-state index < -0.39 is 0 Å². The average molecular weight is 249 g/mol. The highest BCUT2D eigenvalue weighted by molar-refractivity contribution is 5.33. The van der Waals surface area contributed by atoms with Crippen LogP contribution in [0.15, 0.2) is 23.1 Å². The van der Waals surface area contributed by atoms with Crippen LogP contribution in [0.4, 0.5) is 5.69 Å². The fourth-order valence-corrected chi connectivity index (χ4v) is 2.44. The van der Waals surface area contributed by atoms with Gasteiger partial charge in [0.05, 0.1) is 0 Å². The van der Waals surface area contributed by atoms with Crippen LogP contribution >= 0.6 is 0 Å². The maximum atomic E-state index is 11.6. The van der Waals surface area contributed by atoms with Crippen molar-refractivity contribution in [3.8, 4) is 0 Å². The van der Waals surface area contributed by atoms with Crippen molar-refractivity contribution < 1.29 is 0 Å². The van der Waals surface area contributed by atoms with Gasteiger partial charge in [0.15, 0.2) is 0 Å². The van der Waals surface area contributed by atoms with Crippen molar-refractivity contribution in [2.24, 2.45) is 5.92 Å². The van der Waals surface area contributed by atoms with E-state index in [0.29, 0.717) is 5.69 Å². The van der Waals surface area contributed by atoms with Crippen LogP contribution in [0.1, 0.15) is 25.7 Å². The fraction of sp³-hybridized carbons (Fsp3) is 0.643. The molecule has 0 aromatic carbocycles. The van der Waals surface area contributed by atoms with Crippen molar-refractivity contribution in [3.05, 3.63) is 28.7 Å². The predicted molar refractivity (Wildman–Crippen MR) is 74.6 cm³/mol. The summed E-state index contributed by atoms with van der Waals surface area (Å²) < 4.78 is 1.70. The van der Waals surface area contributed by atoms with E-state index in [0.717, 1.165) is 25.4 Å². The highest BCUT2D eigenvalue weighted by Gasteiger charge is 2.18. The Labute approximate surface area is 108 Å². The molecule has 0 amide bonds. The van der Waals surface area contributed by atoms with Gasteiger partial charge in [0.1, 0.15) is 0 Å². The third kappa shape index (κ3) is 3.60. The zero-order chi connectivity index (χ0) is 13.0. The van der Waals surface area contributed by atoms with Gasteiger partial charge in [-0.1, -0.05) is 6.42 Å². The molecule has 1 fully saturated rings. The lowest BCUT2D eigenvalue weighted by atomic mass is 9.85. The molecule has 0 atom stereocenters. The van der Waals surface area contributed by atoms with Gasteiger partial charge in [-0.2, -0.15) is 0 Å². The quantitative estimate of drug-likeness (QED) is 0.832. The van der Waals surface area contributed by atoms with Gasteiger partial charge in [0.2, 0.25) is 0 Å². The predicted octanol–water partition coefficient (Wildman–Crippen LogP) is 1.55. The third-order valence-electron chi connectivity index (χ3n) is 3.74. The Hall–Kier alpha value is -1.29. The largest absolute Gasteiger partial charge is 0.398 e. The van der Waals surface area contributed by atoms with Crippen molar-refractivity contribution in [1.82, 2.24) is 9.47 Å². The highest BCUT2D eigenvalue weighted by atomic mass is 16.1. The fourth-order valence-electron chi connectivity index (χ4n) is 2.44. The van der Waals surface area contributed by atoms with Gasteiger partial charge < -0.3 is 15.2 Å². The zero-order valence-electron chi connectivity index (χ0n) is 11.1. The summed E-state index contributed by atoms with van der Waals surface area (Å²) in [5, 5.41) is 0. The summed E-state index contributed by atoms with van der Waals surface area (Å²) in [7, 11) is 2.17. The Morgan fingerprint density at radius 1 is 1.44 bits per heavy atom. The topological polar surface area (TPSA) is 51.3 Å². The Morgan fingerprint density at radius 2 is 2.22 bits per heavy atom. The number of nitrogen functional groups attached to an aromatic ring is 1. The number of rotatable bonds is 6. The van der Waals surface area contributed by atoms with E-state index in [1.54, 1.807) is 16.8 Å². The monoisotopic (exact) mass is 249 g/mol. The highest BCUT2D eigenvalue weighted by Crippen LogP contribution is 2.26. The first kappa shape index (κ1) is 13.1. The smallest absolute Gasteiger partial charge is 0.250 e. The normalized spacial score (nSPS) is 15.9. The van der Waals surface area contributed by atoms with E-state index >= 15 is 0 Å². The average Bonchev–Trinajstić information content (AvgIpc) is 2.28. The van der Waals surface area contributed by atoms with Crippen molar-refractivity contribution in [1.29, 1.82) is 0 Å². The number of pyridine rings is 1. The lowest BCUT2D eigenvalue weighted by molar-refractivity contribution is 0.202. The van der Waals surface area contributed by atoms with E-state index in [1.807, 2.05) is 0 Å². The Balaban J connectivity index is 1.73. The summed E-state index contributed by atoms with van der Waals surface area (Å²) in [6.45, 7) is 2.99. The standard InChI is InChI=1S/C14H23N3O/c1-16(10-12-4-2-5-12)8-3-9-17-11-13(15)6-7-14(17)18/h6-7,11-12H,2-5,8-10,15H2,1H3. The molecule has 1 aromatic rings. The molecule has 0 spiro atoms. The van der Waals surface area contributed by atoms with Crippen LogP contribution < -0.4 is 11.3 Å². The van der Waals surface area contributed by atoms with Crippen LogP contribution in [0.2, 0.25) is 0 Å². The van der Waals surface area contributed by atoms with Gasteiger partial charge in [0, 0.05) is 31.0 Å². The Bertz CT molecular complexity index is 437. The second-order valence-electron chi connectivity index (χ2n) is 5.41. The number of anilines is 1. The molecule has 1 heterocycles. The number of aromatic nitrogens is 1. The van der Waals surface area contributed by atoms with Gasteiger partial charge in [0.25, 0.3) is 5.56 Å². The second-order valence-corrected chi connectivity index (χ2v) is 5.41. The van der Waals surface area contributed by atoms with Crippen LogP contribution in [-0.4, -0.2) is 29.6 Å². The van der Waals surface area contributed by atoms with Crippen molar-refractivity contribution in [2.45, 2.75) is 32.2 Å². The van der Waals surface area contributed by atoms with Crippen LogP contribution in [0.3, 0.4) is 0 Å². The number of hydrogen-bond acceptors (Lipinski definition) is 3. The molecule has 18 heavy (non-hydrogen) atoms. The minimum atomic E-state index is 0.0332. The van der Waals surface area contributed by atoms with E-state index in [9.17, 15) is 4.79 Å². The van der Waals surface area contributed by atoms with E-state index in [-0.39, 0.29) is 5.56 Å². The summed E-state index contributed by atoms with van der Waals surface area (Å²) in [6.07, 6.45) is 6.90. The molecule has 0 saturated heterocycles. The van der Waals surface area contributed by atoms with Gasteiger partial charge in [-0.3, -0.25) is 4.79 Å². The molecule has 2 N–H and O–H groups in total. The van der Waals surface area contributed by atoms with Crippen LogP contribution in [0.5, 0.6) is 0 Å². The maximum absolute atomic E-state index is 11.6. The zero-order valence-corrected chi connectivity index (χ0v) is 11.1. The molecule has 0 aliphatic heterocycles. The van der Waals surface area contributed by atoms with Gasteiger partial charge >= 0.3 is 0 Å². The van der Waals surface area contributed by atoms with Crippen molar-refractivity contribution in [3.63, 3.8) is 0 Å². The number of aryl methyl sites for hydroxylation is 1. The van der Waals surface area contributed by atoms with E-state index in [2.05, 4.69) is 11.9 Å². The first-order valence-corrected chi connectivity index (χ1v) is 6.79. The molecule has 4 heteroatoms. The van der Waals surface area contributed by atoms with Crippen molar-refractivity contribution >= 4 is 5.69 Å². The molecule has 1 saturated carbocycles. The van der Waals surface area contributed by atoms with Gasteiger partial charge in [-0.15, -0.1) is 0 Å². The molecular formula is C14H23N3O. The first-order valence-electron chi connectivity index (χ1n) is 6.79. The molecular weight excluding hydrogens is 226 g/mol. The molecule has 2 rings (SSSR count). The summed E-state index contributed by atoms with van der Waals surface area (Å²) in [5.41, 5.74) is 6.36. The van der Waals surface area contributed by atoms with Crippen molar-refractivity contribution in [2.75, 3.05) is 25.9 Å². The van der Waals surface area contributed by atoms with Crippen LogP contribution in [0.25, 0.3) is 0 Å². The van der Waals surface area contributed by atoms with Crippen LogP contribution in [-0.2, 0) is 6.54 Å². The first-order chi connectivity index (χ1) is 8.65. The van der Waals surface area contributed by atoms with Crippen LogP contribution in [0, 0.1) is 5.92 Å². The Kier molecular flexibility index (Phi) is 4.42. The molecule has 0 unspecified atom stereocenters. The summed E-state index contributed by atoms with van der Waals surface area (Å²) in [5.74, 6) is 0.907. The minimum Gasteiger partial charge on any atom is -0.398 e. The molecule has 0 radical (unpaired) electrons. The van der Waals surface area contributed by atoms with E-state index in [4.69, 9.17) is 5.73 Å². The molecule has 0 bridgehead atoms. The second kappa shape index (κ2) is 6.05. The molecule has 100 valence electrons. The Morgan fingerprint density at radius 3 is 2.89 bits per heavy atom. The lowest BCUT2D eigenvalue weighted by Gasteiger charge is -2.30. The maximum Gasteiger partial charge on any atom is 0.250 e. The molecule has 1 aromatic heterocycles. The number of hydrogen-bond donors (Lipinski definition) is 1. The third-order valence-corrected chi connectivity index (χ3v) is 3.74. The molecule has 1 aliphatic rings. The van der Waals surface area contributed by atoms with E-state index in [1.165, 1.54) is 31.9 Å². The summed E-state index contributed by atoms with van der Waals surface area (Å²) in [4.78, 5) is 14.0. The van der Waals surface area contributed by atoms with Gasteiger partial charge in [-0.05, 0) is 44.8 Å².